The van der Waals surface area contributed by atoms with E-state index in [9.17, 15) is 0 Å². The second kappa shape index (κ2) is 6.80. The van der Waals surface area contributed by atoms with Gasteiger partial charge in [-0.2, -0.15) is 0 Å². The zero-order valence-electron chi connectivity index (χ0n) is 12.2. The molecule has 1 saturated carbocycles. The Labute approximate surface area is 116 Å². The molecule has 0 aromatic heterocycles. The van der Waals surface area contributed by atoms with Gasteiger partial charge in [-0.15, -0.1) is 0 Å². The predicted molar refractivity (Wildman–Crippen MR) is 78.2 cm³/mol. The third-order valence-corrected chi connectivity index (χ3v) is 4.16. The number of hydrogen-bond donors (Lipinski definition) is 1. The lowest BCUT2D eigenvalue weighted by molar-refractivity contribution is 0.379. The Morgan fingerprint density at radius 3 is 2.74 bits per heavy atom. The lowest BCUT2D eigenvalue weighted by atomic mass is 9.88. The quantitative estimate of drug-likeness (QED) is 0.855. The molecule has 19 heavy (non-hydrogen) atoms. The van der Waals surface area contributed by atoms with Gasteiger partial charge in [-0.05, 0) is 49.4 Å². The van der Waals surface area contributed by atoms with Crippen LogP contribution in [-0.4, -0.2) is 27.3 Å². The van der Waals surface area contributed by atoms with Crippen LogP contribution < -0.4 is 14.8 Å². The number of benzene rings is 1. The Morgan fingerprint density at radius 1 is 1.21 bits per heavy atom. The topological polar surface area (TPSA) is 30.5 Å². The van der Waals surface area contributed by atoms with Gasteiger partial charge < -0.3 is 14.8 Å². The first kappa shape index (κ1) is 14.2. The third-order valence-electron chi connectivity index (χ3n) is 4.16. The molecule has 1 aliphatic carbocycles. The van der Waals surface area contributed by atoms with Gasteiger partial charge in [0.15, 0.2) is 0 Å². The molecule has 0 radical (unpaired) electrons. The minimum Gasteiger partial charge on any atom is -0.497 e. The van der Waals surface area contributed by atoms with Crippen molar-refractivity contribution in [2.24, 2.45) is 5.92 Å². The van der Waals surface area contributed by atoms with Crippen LogP contribution in [0.25, 0.3) is 0 Å². The molecule has 0 bridgehead atoms. The van der Waals surface area contributed by atoms with Crippen LogP contribution >= 0.6 is 0 Å². The summed E-state index contributed by atoms with van der Waals surface area (Å²) in [5, 5.41) is 3.48. The molecule has 1 fully saturated rings. The van der Waals surface area contributed by atoms with E-state index >= 15 is 0 Å². The molecule has 0 amide bonds. The van der Waals surface area contributed by atoms with Crippen LogP contribution in [0.4, 0.5) is 0 Å². The molecule has 0 aliphatic heterocycles. The molecule has 1 aromatic carbocycles. The highest BCUT2D eigenvalue weighted by atomic mass is 16.5. The molecule has 0 saturated heterocycles. The van der Waals surface area contributed by atoms with Crippen LogP contribution in [0.3, 0.4) is 0 Å². The van der Waals surface area contributed by atoms with Gasteiger partial charge in [0.25, 0.3) is 0 Å². The molecule has 0 spiro atoms. The summed E-state index contributed by atoms with van der Waals surface area (Å²) in [6.45, 7) is 4.32. The number of ether oxygens (including phenoxy) is 2. The SMILES string of the molecule is CCNCC1CCCC1c1ccc(OC)cc1OC. The molecule has 3 nitrogen and oxygen atoms in total. The molecule has 1 aliphatic rings. The number of methoxy groups -OCH3 is 2. The van der Waals surface area contributed by atoms with E-state index in [4.69, 9.17) is 9.47 Å². The highest BCUT2D eigenvalue weighted by Gasteiger charge is 2.30. The van der Waals surface area contributed by atoms with Crippen molar-refractivity contribution < 1.29 is 9.47 Å². The maximum absolute atomic E-state index is 5.55. The van der Waals surface area contributed by atoms with Gasteiger partial charge in [0.1, 0.15) is 11.5 Å². The van der Waals surface area contributed by atoms with E-state index in [0.717, 1.165) is 30.5 Å². The molecule has 2 atom stereocenters. The van der Waals surface area contributed by atoms with Gasteiger partial charge in [0.2, 0.25) is 0 Å². The van der Waals surface area contributed by atoms with Crippen molar-refractivity contribution >= 4 is 0 Å². The van der Waals surface area contributed by atoms with Gasteiger partial charge in [0, 0.05) is 6.07 Å². The van der Waals surface area contributed by atoms with Gasteiger partial charge >= 0.3 is 0 Å². The maximum atomic E-state index is 5.55. The number of nitrogens with one attached hydrogen (secondary N) is 1. The van der Waals surface area contributed by atoms with Crippen molar-refractivity contribution in [1.82, 2.24) is 5.32 Å². The van der Waals surface area contributed by atoms with Crippen LogP contribution in [0.15, 0.2) is 18.2 Å². The molecule has 2 unspecified atom stereocenters. The fourth-order valence-corrected chi connectivity index (χ4v) is 3.15. The van der Waals surface area contributed by atoms with Crippen LogP contribution in [0.5, 0.6) is 11.5 Å². The minimum absolute atomic E-state index is 0.611. The summed E-state index contributed by atoms with van der Waals surface area (Å²) in [5.41, 5.74) is 1.34. The van der Waals surface area contributed by atoms with Gasteiger partial charge in [-0.25, -0.2) is 0 Å². The Bertz CT molecular complexity index is 406. The van der Waals surface area contributed by atoms with E-state index in [-0.39, 0.29) is 0 Å². The standard InChI is InChI=1S/C16H25NO2/c1-4-17-11-12-6-5-7-14(12)15-9-8-13(18-2)10-16(15)19-3/h8-10,12,14,17H,4-7,11H2,1-3H3. The fraction of sp³-hybridized carbons (Fsp3) is 0.625. The van der Waals surface area contributed by atoms with Crippen molar-refractivity contribution in [2.75, 3.05) is 27.3 Å². The van der Waals surface area contributed by atoms with Crippen molar-refractivity contribution in [3.05, 3.63) is 23.8 Å². The molecule has 2 rings (SSSR count). The van der Waals surface area contributed by atoms with Crippen LogP contribution in [-0.2, 0) is 0 Å². The maximum Gasteiger partial charge on any atom is 0.126 e. The van der Waals surface area contributed by atoms with Crippen LogP contribution in [0.2, 0.25) is 0 Å². The molecule has 0 heterocycles. The van der Waals surface area contributed by atoms with Crippen molar-refractivity contribution in [3.63, 3.8) is 0 Å². The third kappa shape index (κ3) is 3.21. The Kier molecular flexibility index (Phi) is 5.08. The zero-order chi connectivity index (χ0) is 13.7. The van der Waals surface area contributed by atoms with Crippen molar-refractivity contribution in [1.29, 1.82) is 0 Å². The van der Waals surface area contributed by atoms with E-state index in [1.54, 1.807) is 14.2 Å². The molecular formula is C16H25NO2. The molecule has 3 heteroatoms. The lowest BCUT2D eigenvalue weighted by Crippen LogP contribution is -2.24. The zero-order valence-corrected chi connectivity index (χ0v) is 12.2. The Hall–Kier alpha value is -1.22. The highest BCUT2D eigenvalue weighted by molar-refractivity contribution is 5.43. The van der Waals surface area contributed by atoms with Crippen LogP contribution in [0.1, 0.15) is 37.7 Å². The first-order valence-electron chi connectivity index (χ1n) is 7.22. The predicted octanol–water partition coefficient (Wildman–Crippen LogP) is 3.20. The summed E-state index contributed by atoms with van der Waals surface area (Å²) in [5.74, 6) is 3.16. The highest BCUT2D eigenvalue weighted by Crippen LogP contribution is 2.43. The summed E-state index contributed by atoms with van der Waals surface area (Å²) in [6, 6.07) is 6.21. The van der Waals surface area contributed by atoms with E-state index in [2.05, 4.69) is 18.3 Å². The van der Waals surface area contributed by atoms with E-state index in [1.165, 1.54) is 24.8 Å². The first-order valence-corrected chi connectivity index (χ1v) is 7.22. The largest absolute Gasteiger partial charge is 0.497 e. The minimum atomic E-state index is 0.611. The van der Waals surface area contributed by atoms with E-state index in [0.29, 0.717) is 5.92 Å². The Balaban J connectivity index is 2.19. The second-order valence-electron chi connectivity index (χ2n) is 5.21. The van der Waals surface area contributed by atoms with Gasteiger partial charge in [-0.1, -0.05) is 19.4 Å². The average Bonchev–Trinajstić information content (AvgIpc) is 2.92. The lowest BCUT2D eigenvalue weighted by Gasteiger charge is -2.22. The monoisotopic (exact) mass is 263 g/mol. The normalized spacial score (nSPS) is 22.5. The summed E-state index contributed by atoms with van der Waals surface area (Å²) in [6.07, 6.45) is 3.89. The summed E-state index contributed by atoms with van der Waals surface area (Å²) in [7, 11) is 3.44. The molecule has 1 N–H and O–H groups in total. The van der Waals surface area contributed by atoms with Crippen molar-refractivity contribution in [3.8, 4) is 11.5 Å². The Morgan fingerprint density at radius 2 is 2.05 bits per heavy atom. The molecule has 106 valence electrons. The first-order chi connectivity index (χ1) is 9.30. The number of hydrogen-bond acceptors (Lipinski definition) is 3. The van der Waals surface area contributed by atoms with Gasteiger partial charge in [0.05, 0.1) is 14.2 Å². The van der Waals surface area contributed by atoms with E-state index < -0.39 is 0 Å². The fourth-order valence-electron chi connectivity index (χ4n) is 3.15. The van der Waals surface area contributed by atoms with Crippen molar-refractivity contribution in [2.45, 2.75) is 32.1 Å². The summed E-state index contributed by atoms with van der Waals surface area (Å²) < 4.78 is 10.8. The molecular weight excluding hydrogens is 238 g/mol. The second-order valence-corrected chi connectivity index (χ2v) is 5.21. The van der Waals surface area contributed by atoms with E-state index in [1.807, 2.05) is 12.1 Å². The number of rotatable bonds is 6. The van der Waals surface area contributed by atoms with Gasteiger partial charge in [-0.3, -0.25) is 0 Å². The summed E-state index contributed by atoms with van der Waals surface area (Å²) in [4.78, 5) is 0. The summed E-state index contributed by atoms with van der Waals surface area (Å²) >= 11 is 0. The molecule has 1 aromatic rings. The smallest absolute Gasteiger partial charge is 0.126 e. The van der Waals surface area contributed by atoms with Crippen LogP contribution in [0, 0.1) is 5.92 Å². The average molecular weight is 263 g/mol.